The van der Waals surface area contributed by atoms with Gasteiger partial charge in [-0.3, -0.25) is 4.72 Å². The molecule has 0 amide bonds. The van der Waals surface area contributed by atoms with Crippen LogP contribution in [-0.2, 0) is 22.9 Å². The minimum Gasteiger partial charge on any atom is -0.478 e. The number of carboxylic acid groups (broad SMARTS) is 1. The molecule has 0 aliphatic rings. The number of hydrogen-bond donors (Lipinski definition) is 2. The van der Waals surface area contributed by atoms with E-state index in [0.717, 1.165) is 21.9 Å². The van der Waals surface area contributed by atoms with Crippen molar-refractivity contribution in [2.24, 2.45) is 0 Å². The number of carboxylic acids is 1. The van der Waals surface area contributed by atoms with E-state index in [1.165, 1.54) is 0 Å². The molecule has 4 rings (SSSR count). The molecule has 0 heterocycles. The Hall–Kier alpha value is -3.64. The summed E-state index contributed by atoms with van der Waals surface area (Å²) >= 11 is 0. The van der Waals surface area contributed by atoms with E-state index in [4.69, 9.17) is 5.11 Å². The molecule has 31 heavy (non-hydrogen) atoms. The minimum absolute atomic E-state index is 0.204. The van der Waals surface area contributed by atoms with Gasteiger partial charge in [0.05, 0.1) is 16.1 Å². The molecule has 0 radical (unpaired) electrons. The lowest BCUT2D eigenvalue weighted by Gasteiger charge is -2.13. The first-order chi connectivity index (χ1) is 14.9. The van der Waals surface area contributed by atoms with E-state index in [2.05, 4.69) is 4.72 Å². The summed E-state index contributed by atoms with van der Waals surface area (Å²) in [7, 11) is -3.76. The highest BCUT2D eigenvalue weighted by molar-refractivity contribution is 7.92. The third-order valence-electron chi connectivity index (χ3n) is 5.15. The van der Waals surface area contributed by atoms with Crippen LogP contribution in [0.1, 0.15) is 21.5 Å². The van der Waals surface area contributed by atoms with Crippen molar-refractivity contribution in [1.29, 1.82) is 0 Å². The van der Waals surface area contributed by atoms with Gasteiger partial charge in [0.1, 0.15) is 0 Å². The molecular weight excluding hydrogens is 410 g/mol. The summed E-state index contributed by atoms with van der Waals surface area (Å²) in [5, 5.41) is 11.0. The van der Waals surface area contributed by atoms with Crippen molar-refractivity contribution in [3.63, 3.8) is 0 Å². The van der Waals surface area contributed by atoms with Gasteiger partial charge in [-0.15, -0.1) is 0 Å². The number of fused-ring (bicyclic) bond motifs is 1. The fourth-order valence-electron chi connectivity index (χ4n) is 3.51. The molecule has 0 atom stereocenters. The topological polar surface area (TPSA) is 83.5 Å². The molecule has 0 aliphatic carbocycles. The highest BCUT2D eigenvalue weighted by Gasteiger charge is 2.16. The third kappa shape index (κ3) is 4.75. The largest absolute Gasteiger partial charge is 0.478 e. The van der Waals surface area contributed by atoms with E-state index in [1.807, 2.05) is 42.5 Å². The van der Waals surface area contributed by atoms with Crippen LogP contribution in [0, 0.1) is 0 Å². The molecule has 0 bridgehead atoms. The van der Waals surface area contributed by atoms with Gasteiger partial charge in [-0.05, 0) is 65.1 Å². The Morgan fingerprint density at radius 2 is 1.52 bits per heavy atom. The maximum absolute atomic E-state index is 13.0. The lowest BCUT2D eigenvalue weighted by atomic mass is 10.0. The highest BCUT2D eigenvalue weighted by atomic mass is 32.2. The number of aromatic carboxylic acids is 1. The second kappa shape index (κ2) is 8.62. The fourth-order valence-corrected chi connectivity index (χ4v) is 4.65. The summed E-state index contributed by atoms with van der Waals surface area (Å²) in [4.78, 5) is 11.4. The average Bonchev–Trinajstić information content (AvgIpc) is 2.78. The summed E-state index contributed by atoms with van der Waals surface area (Å²) in [5.41, 5.74) is 2.48. The quantitative estimate of drug-likeness (QED) is 0.425. The highest BCUT2D eigenvalue weighted by Crippen LogP contribution is 2.24. The lowest BCUT2D eigenvalue weighted by molar-refractivity contribution is 0.0696. The van der Waals surface area contributed by atoms with E-state index in [9.17, 15) is 13.2 Å². The molecule has 156 valence electrons. The van der Waals surface area contributed by atoms with Crippen LogP contribution in [0.25, 0.3) is 10.8 Å². The van der Waals surface area contributed by atoms with Gasteiger partial charge in [-0.25, -0.2) is 13.2 Å². The first-order valence-corrected chi connectivity index (χ1v) is 11.3. The fraction of sp³-hybridized carbons (Fsp3) is 0.0800. The van der Waals surface area contributed by atoms with Crippen LogP contribution < -0.4 is 4.72 Å². The number of rotatable bonds is 7. The molecule has 0 aromatic heterocycles. The van der Waals surface area contributed by atoms with E-state index in [1.54, 1.807) is 48.5 Å². The van der Waals surface area contributed by atoms with Crippen LogP contribution in [0.3, 0.4) is 0 Å². The Kier molecular flexibility index (Phi) is 5.73. The normalized spacial score (nSPS) is 11.4. The van der Waals surface area contributed by atoms with Crippen molar-refractivity contribution in [2.45, 2.75) is 17.7 Å². The summed E-state index contributed by atoms with van der Waals surface area (Å²) in [5.74, 6) is -0.967. The van der Waals surface area contributed by atoms with Gasteiger partial charge in [-0.2, -0.15) is 0 Å². The molecular formula is C25H21NO4S. The molecule has 0 saturated carbocycles. The maximum Gasteiger partial charge on any atom is 0.335 e. The van der Waals surface area contributed by atoms with Crippen LogP contribution in [0.2, 0.25) is 0 Å². The summed E-state index contributed by atoms with van der Waals surface area (Å²) in [6.07, 6.45) is 1.16. The minimum atomic E-state index is -3.76. The lowest BCUT2D eigenvalue weighted by Crippen LogP contribution is -2.14. The Labute approximate surface area is 181 Å². The SMILES string of the molecule is O=C(O)c1cccc(CCc2ccccc2NS(=O)(=O)c2ccc3ccccc3c2)c1. The second-order valence-corrected chi connectivity index (χ2v) is 8.96. The van der Waals surface area contributed by atoms with Crippen molar-refractivity contribution < 1.29 is 18.3 Å². The molecule has 2 N–H and O–H groups in total. The molecule has 4 aromatic rings. The van der Waals surface area contributed by atoms with Crippen molar-refractivity contribution in [2.75, 3.05) is 4.72 Å². The average molecular weight is 432 g/mol. The van der Waals surface area contributed by atoms with Gasteiger partial charge in [-0.1, -0.05) is 60.7 Å². The number of aryl methyl sites for hydroxylation is 2. The maximum atomic E-state index is 13.0. The first-order valence-electron chi connectivity index (χ1n) is 9.84. The van der Waals surface area contributed by atoms with Crippen molar-refractivity contribution in [1.82, 2.24) is 0 Å². The summed E-state index contributed by atoms with van der Waals surface area (Å²) in [6.45, 7) is 0. The van der Waals surface area contributed by atoms with Gasteiger partial charge in [0.15, 0.2) is 0 Å². The standard InChI is InChI=1S/C25H21NO4S/c27-25(28)22-10-5-6-18(16-22)12-13-20-8-3-4-11-24(20)26-31(29,30)23-15-14-19-7-1-2-9-21(19)17-23/h1-11,14-17,26H,12-13H2,(H,27,28). The molecule has 0 fully saturated rings. The van der Waals surface area contributed by atoms with Crippen LogP contribution in [0.4, 0.5) is 5.69 Å². The Morgan fingerprint density at radius 3 is 2.32 bits per heavy atom. The van der Waals surface area contributed by atoms with Crippen molar-refractivity contribution in [3.8, 4) is 0 Å². The summed E-state index contributed by atoms with van der Waals surface area (Å²) in [6, 6.07) is 26.7. The smallest absolute Gasteiger partial charge is 0.335 e. The number of sulfonamides is 1. The van der Waals surface area contributed by atoms with Crippen molar-refractivity contribution >= 4 is 32.5 Å². The predicted molar refractivity (Wildman–Crippen MR) is 122 cm³/mol. The number of carbonyl (C=O) groups is 1. The van der Waals surface area contributed by atoms with Crippen LogP contribution in [0.15, 0.2) is 95.9 Å². The van der Waals surface area contributed by atoms with Gasteiger partial charge in [0.2, 0.25) is 0 Å². The second-order valence-electron chi connectivity index (χ2n) is 7.28. The molecule has 6 heteroatoms. The molecule has 4 aromatic carbocycles. The van der Waals surface area contributed by atoms with Crippen LogP contribution >= 0.6 is 0 Å². The summed E-state index contributed by atoms with van der Waals surface area (Å²) < 4.78 is 28.7. The Bertz CT molecular complexity index is 1360. The van der Waals surface area contributed by atoms with Crippen LogP contribution in [0.5, 0.6) is 0 Å². The molecule has 0 unspecified atom stereocenters. The monoisotopic (exact) mass is 431 g/mol. The number of anilines is 1. The van der Waals surface area contributed by atoms with E-state index < -0.39 is 16.0 Å². The molecule has 0 saturated heterocycles. The van der Waals surface area contributed by atoms with Crippen LogP contribution in [-0.4, -0.2) is 19.5 Å². The van der Waals surface area contributed by atoms with Gasteiger partial charge < -0.3 is 5.11 Å². The number of benzene rings is 4. The Balaban J connectivity index is 1.56. The Morgan fingerprint density at radius 1 is 0.774 bits per heavy atom. The first kappa shape index (κ1) is 20.6. The van der Waals surface area contributed by atoms with Gasteiger partial charge in [0, 0.05) is 0 Å². The van der Waals surface area contributed by atoms with E-state index >= 15 is 0 Å². The van der Waals surface area contributed by atoms with Crippen molar-refractivity contribution in [3.05, 3.63) is 108 Å². The van der Waals surface area contributed by atoms with E-state index in [0.29, 0.717) is 18.5 Å². The van der Waals surface area contributed by atoms with E-state index in [-0.39, 0.29) is 10.5 Å². The molecule has 0 spiro atoms. The zero-order chi connectivity index (χ0) is 21.8. The predicted octanol–water partition coefficient (Wildman–Crippen LogP) is 5.12. The molecule has 5 nitrogen and oxygen atoms in total. The zero-order valence-electron chi connectivity index (χ0n) is 16.7. The molecule has 0 aliphatic heterocycles. The van der Waals surface area contributed by atoms with Gasteiger partial charge >= 0.3 is 5.97 Å². The number of para-hydroxylation sites is 1. The zero-order valence-corrected chi connectivity index (χ0v) is 17.5. The number of hydrogen-bond acceptors (Lipinski definition) is 3. The van der Waals surface area contributed by atoms with Gasteiger partial charge in [0.25, 0.3) is 10.0 Å². The third-order valence-corrected chi connectivity index (χ3v) is 6.51. The number of nitrogens with one attached hydrogen (secondary N) is 1.